The van der Waals surface area contributed by atoms with Gasteiger partial charge in [0, 0.05) is 6.54 Å². The van der Waals surface area contributed by atoms with Gasteiger partial charge in [-0.25, -0.2) is 0 Å². The maximum atomic E-state index is 11.9. The zero-order valence-electron chi connectivity index (χ0n) is 10.7. The lowest BCUT2D eigenvalue weighted by Crippen LogP contribution is -2.32. The summed E-state index contributed by atoms with van der Waals surface area (Å²) in [4.78, 5) is 11.9. The number of methoxy groups -OCH3 is 1. The Morgan fingerprint density at radius 1 is 1.41 bits per heavy atom. The number of rotatable bonds is 3. The predicted octanol–water partition coefficient (Wildman–Crippen LogP) is 2.18. The number of phenols is 1. The highest BCUT2D eigenvalue weighted by Crippen LogP contribution is 2.29. The number of ether oxygens (including phenoxy) is 1. The third-order valence-corrected chi connectivity index (χ3v) is 2.24. The Hall–Kier alpha value is -1.71. The van der Waals surface area contributed by atoms with Gasteiger partial charge in [-0.05, 0) is 17.5 Å². The molecular formula is C13H19NO3. The van der Waals surface area contributed by atoms with Crippen molar-refractivity contribution in [2.24, 2.45) is 5.41 Å². The molecular weight excluding hydrogens is 218 g/mol. The minimum absolute atomic E-state index is 0.00411. The summed E-state index contributed by atoms with van der Waals surface area (Å²) in [6.45, 7) is 6.62. The van der Waals surface area contributed by atoms with Gasteiger partial charge in [-0.2, -0.15) is 0 Å². The van der Waals surface area contributed by atoms with Crippen molar-refractivity contribution in [2.75, 3.05) is 13.7 Å². The van der Waals surface area contributed by atoms with Crippen molar-refractivity contribution in [3.63, 3.8) is 0 Å². The smallest absolute Gasteiger partial charge is 0.255 e. The van der Waals surface area contributed by atoms with Crippen molar-refractivity contribution >= 4 is 5.91 Å². The summed E-state index contributed by atoms with van der Waals surface area (Å²) < 4.78 is 4.95. The summed E-state index contributed by atoms with van der Waals surface area (Å²) in [6.07, 6.45) is 0. The topological polar surface area (TPSA) is 58.6 Å². The van der Waals surface area contributed by atoms with Crippen molar-refractivity contribution in [3.8, 4) is 11.5 Å². The Morgan fingerprint density at radius 3 is 2.59 bits per heavy atom. The van der Waals surface area contributed by atoms with E-state index in [4.69, 9.17) is 4.74 Å². The number of hydrogen-bond acceptors (Lipinski definition) is 3. The first kappa shape index (κ1) is 13.4. The van der Waals surface area contributed by atoms with Crippen LogP contribution in [0.2, 0.25) is 0 Å². The molecule has 2 N–H and O–H groups in total. The Morgan fingerprint density at radius 2 is 2.06 bits per heavy atom. The highest BCUT2D eigenvalue weighted by Gasteiger charge is 2.17. The zero-order valence-corrected chi connectivity index (χ0v) is 10.7. The highest BCUT2D eigenvalue weighted by molar-refractivity contribution is 5.97. The number of benzene rings is 1. The van der Waals surface area contributed by atoms with Crippen LogP contribution < -0.4 is 10.1 Å². The monoisotopic (exact) mass is 237 g/mol. The van der Waals surface area contributed by atoms with Gasteiger partial charge >= 0.3 is 0 Å². The molecule has 94 valence electrons. The van der Waals surface area contributed by atoms with Crippen LogP contribution in [0.4, 0.5) is 0 Å². The third-order valence-electron chi connectivity index (χ3n) is 2.24. The molecule has 0 bridgehead atoms. The molecule has 1 aromatic rings. The van der Waals surface area contributed by atoms with Crippen LogP contribution in [0.1, 0.15) is 31.1 Å². The van der Waals surface area contributed by atoms with Gasteiger partial charge < -0.3 is 15.2 Å². The number of amides is 1. The minimum atomic E-state index is -0.295. The van der Waals surface area contributed by atoms with Crippen LogP contribution in [0.5, 0.6) is 11.5 Å². The number of carbonyl (C=O) groups is 1. The first-order valence-corrected chi connectivity index (χ1v) is 5.49. The second-order valence-electron chi connectivity index (χ2n) is 5.10. The van der Waals surface area contributed by atoms with Gasteiger partial charge in [-0.1, -0.05) is 26.8 Å². The first-order valence-electron chi connectivity index (χ1n) is 5.49. The first-order chi connectivity index (χ1) is 7.85. The van der Waals surface area contributed by atoms with Crippen molar-refractivity contribution in [2.45, 2.75) is 20.8 Å². The van der Waals surface area contributed by atoms with Gasteiger partial charge in [0.15, 0.2) is 11.5 Å². The average molecular weight is 237 g/mol. The zero-order chi connectivity index (χ0) is 13.1. The molecule has 0 unspecified atom stereocenters. The largest absolute Gasteiger partial charge is 0.504 e. The van der Waals surface area contributed by atoms with Crippen LogP contribution in [0.15, 0.2) is 18.2 Å². The van der Waals surface area contributed by atoms with Crippen LogP contribution in [-0.2, 0) is 0 Å². The van der Waals surface area contributed by atoms with E-state index < -0.39 is 0 Å². The molecule has 4 nitrogen and oxygen atoms in total. The SMILES string of the molecule is COc1cccc(C(=O)NCC(C)(C)C)c1O. The molecule has 4 heteroatoms. The molecule has 0 saturated heterocycles. The van der Waals surface area contributed by atoms with Gasteiger partial charge in [0.05, 0.1) is 12.7 Å². The fourth-order valence-electron chi connectivity index (χ4n) is 1.31. The fraction of sp³-hybridized carbons (Fsp3) is 0.462. The fourth-order valence-corrected chi connectivity index (χ4v) is 1.31. The number of hydrogen-bond donors (Lipinski definition) is 2. The van der Waals surface area contributed by atoms with E-state index in [1.165, 1.54) is 7.11 Å². The Labute approximate surface area is 102 Å². The third kappa shape index (κ3) is 3.66. The predicted molar refractivity (Wildman–Crippen MR) is 66.4 cm³/mol. The normalized spacial score (nSPS) is 11.1. The molecule has 0 aliphatic heterocycles. The van der Waals surface area contributed by atoms with Gasteiger partial charge in [0.2, 0.25) is 0 Å². The molecule has 0 heterocycles. The lowest BCUT2D eigenvalue weighted by molar-refractivity contribution is 0.0936. The van der Waals surface area contributed by atoms with Crippen molar-refractivity contribution < 1.29 is 14.6 Å². The molecule has 1 rings (SSSR count). The van der Waals surface area contributed by atoms with Crippen LogP contribution in [-0.4, -0.2) is 24.7 Å². The maximum absolute atomic E-state index is 11.9. The van der Waals surface area contributed by atoms with Gasteiger partial charge in [0.25, 0.3) is 5.91 Å². The van der Waals surface area contributed by atoms with Crippen molar-refractivity contribution in [1.82, 2.24) is 5.32 Å². The van der Waals surface area contributed by atoms with E-state index in [2.05, 4.69) is 5.32 Å². The summed E-state index contributed by atoms with van der Waals surface area (Å²) in [5.74, 6) is -0.119. The Kier molecular flexibility index (Phi) is 3.99. The van der Waals surface area contributed by atoms with E-state index in [1.807, 2.05) is 20.8 Å². The number of carbonyl (C=O) groups excluding carboxylic acids is 1. The van der Waals surface area contributed by atoms with E-state index in [-0.39, 0.29) is 22.6 Å². The molecule has 1 aromatic carbocycles. The molecule has 17 heavy (non-hydrogen) atoms. The number of nitrogens with one attached hydrogen (secondary N) is 1. The van der Waals surface area contributed by atoms with Crippen LogP contribution in [0.3, 0.4) is 0 Å². The summed E-state index contributed by atoms with van der Waals surface area (Å²) in [6, 6.07) is 4.84. The van der Waals surface area contributed by atoms with E-state index in [0.29, 0.717) is 12.3 Å². The standard InChI is InChI=1S/C13H19NO3/c1-13(2,3)8-14-12(16)9-6-5-7-10(17-4)11(9)15/h5-7,15H,8H2,1-4H3,(H,14,16). The molecule has 0 atom stereocenters. The van der Waals surface area contributed by atoms with E-state index in [0.717, 1.165) is 0 Å². The maximum Gasteiger partial charge on any atom is 0.255 e. The summed E-state index contributed by atoms with van der Waals surface area (Å²) in [5.41, 5.74) is 0.234. The molecule has 0 aromatic heterocycles. The van der Waals surface area contributed by atoms with Crippen LogP contribution in [0.25, 0.3) is 0 Å². The molecule has 0 aliphatic carbocycles. The highest BCUT2D eigenvalue weighted by atomic mass is 16.5. The Bertz CT molecular complexity index is 408. The van der Waals surface area contributed by atoms with E-state index in [1.54, 1.807) is 18.2 Å². The van der Waals surface area contributed by atoms with Gasteiger partial charge in [-0.3, -0.25) is 4.79 Å². The second-order valence-corrected chi connectivity index (χ2v) is 5.10. The molecule has 0 radical (unpaired) electrons. The Balaban J connectivity index is 2.83. The van der Waals surface area contributed by atoms with Crippen molar-refractivity contribution in [1.29, 1.82) is 0 Å². The molecule has 1 amide bonds. The van der Waals surface area contributed by atoms with Crippen molar-refractivity contribution in [3.05, 3.63) is 23.8 Å². The number of para-hydroxylation sites is 1. The van der Waals surface area contributed by atoms with Crippen LogP contribution in [0, 0.1) is 5.41 Å². The average Bonchev–Trinajstić information content (AvgIpc) is 2.25. The lowest BCUT2D eigenvalue weighted by Gasteiger charge is -2.19. The molecule has 0 spiro atoms. The molecule has 0 aliphatic rings. The number of aromatic hydroxyl groups is 1. The number of phenolic OH excluding ortho intramolecular Hbond substituents is 1. The summed E-state index contributed by atoms with van der Waals surface area (Å²) in [5, 5.41) is 12.6. The summed E-state index contributed by atoms with van der Waals surface area (Å²) in [7, 11) is 1.45. The summed E-state index contributed by atoms with van der Waals surface area (Å²) >= 11 is 0. The second kappa shape index (κ2) is 5.08. The van der Waals surface area contributed by atoms with E-state index >= 15 is 0 Å². The molecule has 0 saturated carbocycles. The van der Waals surface area contributed by atoms with Gasteiger partial charge in [0.1, 0.15) is 0 Å². The van der Waals surface area contributed by atoms with Crippen LogP contribution >= 0.6 is 0 Å². The van der Waals surface area contributed by atoms with E-state index in [9.17, 15) is 9.90 Å². The lowest BCUT2D eigenvalue weighted by atomic mass is 9.97. The quantitative estimate of drug-likeness (QED) is 0.847. The van der Waals surface area contributed by atoms with Gasteiger partial charge in [-0.15, -0.1) is 0 Å². The molecule has 0 fully saturated rings. The minimum Gasteiger partial charge on any atom is -0.504 e.